The lowest BCUT2D eigenvalue weighted by atomic mass is 9.94. The fraction of sp³-hybridized carbons (Fsp3) is 0.615. The van der Waals surface area contributed by atoms with E-state index < -0.39 is 0 Å². The number of nitrogens with zero attached hydrogens (tertiary/aromatic N) is 2. The van der Waals surface area contributed by atoms with Crippen LogP contribution in [0, 0.1) is 11.8 Å². The second-order valence-electron chi connectivity index (χ2n) is 5.23. The van der Waals surface area contributed by atoms with Crippen LogP contribution in [0.1, 0.15) is 33.1 Å². The number of hydrazine groups is 1. The summed E-state index contributed by atoms with van der Waals surface area (Å²) in [6, 6.07) is 0. The van der Waals surface area contributed by atoms with Gasteiger partial charge < -0.3 is 5.73 Å². The zero-order chi connectivity index (χ0) is 12.0. The molecule has 1 saturated carbocycles. The summed E-state index contributed by atoms with van der Waals surface area (Å²) in [4.78, 5) is 4.81. The summed E-state index contributed by atoms with van der Waals surface area (Å²) in [6.45, 7) is 5.21. The summed E-state index contributed by atoms with van der Waals surface area (Å²) in [7, 11) is 0. The lowest BCUT2D eigenvalue weighted by Crippen LogP contribution is -2.38. The lowest BCUT2D eigenvalue weighted by molar-refractivity contribution is 0.344. The number of hydrogen-bond acceptors (Lipinski definition) is 4. The first-order chi connectivity index (χ1) is 8.20. The van der Waals surface area contributed by atoms with Gasteiger partial charge in [0, 0.05) is 24.3 Å². The number of fused-ring (bicyclic) bond motifs is 1. The maximum atomic E-state index is 6.10. The molecule has 0 aromatic heterocycles. The van der Waals surface area contributed by atoms with Crippen molar-refractivity contribution in [3.8, 4) is 0 Å². The van der Waals surface area contributed by atoms with Gasteiger partial charge in [0.1, 0.15) is 11.6 Å². The van der Waals surface area contributed by atoms with Crippen LogP contribution in [0.25, 0.3) is 0 Å². The largest absolute Gasteiger partial charge is 0.384 e. The van der Waals surface area contributed by atoms with E-state index in [2.05, 4.69) is 19.3 Å². The molecule has 2 heterocycles. The Morgan fingerprint density at radius 3 is 3.00 bits per heavy atom. The molecule has 3 N–H and O–H groups in total. The van der Waals surface area contributed by atoms with Crippen LogP contribution in [-0.4, -0.2) is 17.3 Å². The second kappa shape index (κ2) is 3.88. The molecule has 4 nitrogen and oxygen atoms in total. The van der Waals surface area contributed by atoms with E-state index in [1.165, 1.54) is 24.1 Å². The topological polar surface area (TPSA) is 53.7 Å². The molecule has 0 bridgehead atoms. The van der Waals surface area contributed by atoms with E-state index in [1.54, 1.807) is 0 Å². The van der Waals surface area contributed by atoms with Gasteiger partial charge >= 0.3 is 0 Å². The third-order valence-corrected chi connectivity index (χ3v) is 3.90. The monoisotopic (exact) mass is 232 g/mol. The molecule has 17 heavy (non-hydrogen) atoms. The normalized spacial score (nSPS) is 25.6. The SMILES string of the molecule is CC[C@@H](C1=NC2=C(C)CNN2C(N)=C1)C1CC1. The van der Waals surface area contributed by atoms with Crippen molar-refractivity contribution in [1.82, 2.24) is 10.4 Å². The van der Waals surface area contributed by atoms with Crippen molar-refractivity contribution in [2.45, 2.75) is 33.1 Å². The van der Waals surface area contributed by atoms with Gasteiger partial charge in [-0.15, -0.1) is 0 Å². The van der Waals surface area contributed by atoms with E-state index in [-0.39, 0.29) is 0 Å². The molecule has 4 heteroatoms. The number of nitrogens with two attached hydrogens (primary N) is 1. The maximum absolute atomic E-state index is 6.10. The van der Waals surface area contributed by atoms with Crippen LogP contribution in [0.4, 0.5) is 0 Å². The molecule has 3 aliphatic rings. The fourth-order valence-corrected chi connectivity index (χ4v) is 2.74. The van der Waals surface area contributed by atoms with Gasteiger partial charge in [-0.3, -0.25) is 0 Å². The molecule has 0 unspecified atom stereocenters. The highest BCUT2D eigenvalue weighted by atomic mass is 15.6. The standard InChI is InChI=1S/C13H20N4/c1-3-10(9-4-5-9)11-6-12(14)17-13(16-11)8(2)7-15-17/h6,9-10,15H,3-5,7,14H2,1-2H3/t10-/m1/s1. The Labute approximate surface area is 102 Å². The average molecular weight is 232 g/mol. The first kappa shape index (κ1) is 10.8. The highest BCUT2D eigenvalue weighted by Gasteiger charge is 2.35. The van der Waals surface area contributed by atoms with Crippen molar-refractivity contribution in [2.24, 2.45) is 22.6 Å². The van der Waals surface area contributed by atoms with Gasteiger partial charge in [-0.1, -0.05) is 6.92 Å². The summed E-state index contributed by atoms with van der Waals surface area (Å²) in [6.07, 6.45) is 5.91. The van der Waals surface area contributed by atoms with Crippen LogP contribution < -0.4 is 11.2 Å². The molecule has 1 atom stereocenters. The molecule has 2 aliphatic heterocycles. The van der Waals surface area contributed by atoms with E-state index in [0.717, 1.165) is 30.5 Å². The van der Waals surface area contributed by atoms with Crippen LogP contribution in [0.3, 0.4) is 0 Å². The molecular formula is C13H20N4. The predicted octanol–water partition coefficient (Wildman–Crippen LogP) is 1.73. The van der Waals surface area contributed by atoms with Crippen LogP contribution in [0.2, 0.25) is 0 Å². The summed E-state index contributed by atoms with van der Waals surface area (Å²) in [5.41, 5.74) is 11.8. The minimum absolute atomic E-state index is 0.594. The van der Waals surface area contributed by atoms with Crippen LogP contribution in [0.5, 0.6) is 0 Å². The molecule has 0 amide bonds. The molecule has 92 valence electrons. The minimum atomic E-state index is 0.594. The number of nitrogens with one attached hydrogen (secondary N) is 1. The van der Waals surface area contributed by atoms with Crippen molar-refractivity contribution in [3.63, 3.8) is 0 Å². The molecule has 1 fully saturated rings. The Bertz CT molecular complexity index is 429. The molecule has 3 rings (SSSR count). The molecule has 0 saturated heterocycles. The minimum Gasteiger partial charge on any atom is -0.384 e. The van der Waals surface area contributed by atoms with Gasteiger partial charge in [0.15, 0.2) is 0 Å². The Balaban J connectivity index is 1.94. The fourth-order valence-electron chi connectivity index (χ4n) is 2.74. The average Bonchev–Trinajstić information content (AvgIpc) is 3.06. The van der Waals surface area contributed by atoms with Gasteiger partial charge in [-0.2, -0.15) is 0 Å². The van der Waals surface area contributed by atoms with Gasteiger partial charge in [0.2, 0.25) is 0 Å². The van der Waals surface area contributed by atoms with E-state index >= 15 is 0 Å². The number of aliphatic imine (C=N–C) groups is 1. The molecule has 0 aromatic rings. The number of rotatable bonds is 3. The number of allylic oxidation sites excluding steroid dienone is 1. The summed E-state index contributed by atoms with van der Waals surface area (Å²) in [5, 5.41) is 1.90. The van der Waals surface area contributed by atoms with Gasteiger partial charge in [0.25, 0.3) is 0 Å². The highest BCUT2D eigenvalue weighted by molar-refractivity contribution is 5.99. The quantitative estimate of drug-likeness (QED) is 0.779. The third-order valence-electron chi connectivity index (χ3n) is 3.90. The summed E-state index contributed by atoms with van der Waals surface area (Å²) < 4.78 is 0. The van der Waals surface area contributed by atoms with E-state index in [1.807, 2.05) is 11.1 Å². The summed E-state index contributed by atoms with van der Waals surface area (Å²) in [5.74, 6) is 3.22. The van der Waals surface area contributed by atoms with Crippen molar-refractivity contribution in [3.05, 3.63) is 23.3 Å². The van der Waals surface area contributed by atoms with Crippen molar-refractivity contribution < 1.29 is 0 Å². The summed E-state index contributed by atoms with van der Waals surface area (Å²) >= 11 is 0. The van der Waals surface area contributed by atoms with Crippen LogP contribution >= 0.6 is 0 Å². The lowest BCUT2D eigenvalue weighted by Gasteiger charge is -2.26. The Morgan fingerprint density at radius 2 is 2.35 bits per heavy atom. The Morgan fingerprint density at radius 1 is 1.59 bits per heavy atom. The van der Waals surface area contributed by atoms with Crippen molar-refractivity contribution in [1.29, 1.82) is 0 Å². The number of hydrogen-bond donors (Lipinski definition) is 2. The van der Waals surface area contributed by atoms with E-state index in [9.17, 15) is 0 Å². The maximum Gasteiger partial charge on any atom is 0.149 e. The van der Waals surface area contributed by atoms with Crippen molar-refractivity contribution in [2.75, 3.05) is 6.54 Å². The van der Waals surface area contributed by atoms with Crippen LogP contribution in [-0.2, 0) is 0 Å². The zero-order valence-corrected chi connectivity index (χ0v) is 10.5. The van der Waals surface area contributed by atoms with E-state index in [4.69, 9.17) is 10.7 Å². The van der Waals surface area contributed by atoms with Gasteiger partial charge in [0.05, 0.1) is 0 Å². The molecule has 1 aliphatic carbocycles. The zero-order valence-electron chi connectivity index (χ0n) is 10.5. The first-order valence-corrected chi connectivity index (χ1v) is 6.50. The molecule has 0 spiro atoms. The van der Waals surface area contributed by atoms with Gasteiger partial charge in [-0.25, -0.2) is 15.4 Å². The van der Waals surface area contributed by atoms with E-state index in [0.29, 0.717) is 5.92 Å². The molecule has 0 radical (unpaired) electrons. The van der Waals surface area contributed by atoms with Crippen LogP contribution in [0.15, 0.2) is 28.3 Å². The molecule has 0 aromatic carbocycles. The Kier molecular flexibility index (Phi) is 2.47. The van der Waals surface area contributed by atoms with Crippen molar-refractivity contribution >= 4 is 5.71 Å². The highest BCUT2D eigenvalue weighted by Crippen LogP contribution is 2.40. The predicted molar refractivity (Wildman–Crippen MR) is 68.8 cm³/mol. The second-order valence-corrected chi connectivity index (χ2v) is 5.23. The first-order valence-electron chi connectivity index (χ1n) is 6.50. The molecular weight excluding hydrogens is 212 g/mol. The Hall–Kier alpha value is -1.29. The third kappa shape index (κ3) is 1.76. The smallest absolute Gasteiger partial charge is 0.149 e. The van der Waals surface area contributed by atoms with Gasteiger partial charge in [-0.05, 0) is 37.7 Å².